The summed E-state index contributed by atoms with van der Waals surface area (Å²) < 4.78 is 5.99. The predicted molar refractivity (Wildman–Crippen MR) is 108 cm³/mol. The zero-order chi connectivity index (χ0) is 17.8. The molecule has 0 aliphatic rings. The van der Waals surface area contributed by atoms with Crippen molar-refractivity contribution >= 4 is 11.3 Å². The van der Waals surface area contributed by atoms with E-state index in [1.54, 1.807) is 0 Å². The summed E-state index contributed by atoms with van der Waals surface area (Å²) in [5, 5.41) is 0. The third-order valence-corrected chi connectivity index (χ3v) is 4.71. The fourth-order valence-electron chi connectivity index (χ4n) is 2.85. The van der Waals surface area contributed by atoms with E-state index in [1.165, 1.54) is 56.1 Å². The Morgan fingerprint density at radius 1 is 1.00 bits per heavy atom. The number of unbranched alkanes of at least 4 members (excludes halogenated alkanes) is 3. The minimum atomic E-state index is 0.633. The van der Waals surface area contributed by atoms with Crippen molar-refractivity contribution in [3.63, 3.8) is 0 Å². The van der Waals surface area contributed by atoms with E-state index in [0.29, 0.717) is 5.92 Å². The van der Waals surface area contributed by atoms with Crippen LogP contribution in [0.5, 0.6) is 0 Å². The van der Waals surface area contributed by atoms with E-state index in [4.69, 9.17) is 4.74 Å². The second-order valence-corrected chi connectivity index (χ2v) is 6.79. The van der Waals surface area contributed by atoms with Gasteiger partial charge >= 0.3 is 0 Å². The lowest BCUT2D eigenvalue weighted by molar-refractivity contribution is 0.204. The summed E-state index contributed by atoms with van der Waals surface area (Å²) in [5.74, 6) is 1.42. The Morgan fingerprint density at radius 3 is 2.38 bits per heavy atom. The largest absolute Gasteiger partial charge is 0.493 e. The van der Waals surface area contributed by atoms with Gasteiger partial charge in [0.05, 0.1) is 6.61 Å². The van der Waals surface area contributed by atoms with Crippen molar-refractivity contribution in [2.45, 2.75) is 72.1 Å². The number of allylic oxidation sites excluding steroid dienone is 1. The van der Waals surface area contributed by atoms with E-state index in [0.717, 1.165) is 24.4 Å². The van der Waals surface area contributed by atoms with Crippen LogP contribution in [0.3, 0.4) is 0 Å². The minimum Gasteiger partial charge on any atom is -0.493 e. The molecule has 134 valence electrons. The maximum atomic E-state index is 5.99. The molecule has 0 radical (unpaired) electrons. The van der Waals surface area contributed by atoms with Crippen molar-refractivity contribution in [3.05, 3.63) is 48.6 Å². The van der Waals surface area contributed by atoms with Crippen molar-refractivity contribution in [2.24, 2.45) is 5.92 Å². The van der Waals surface area contributed by atoms with Gasteiger partial charge in [-0.25, -0.2) is 0 Å². The monoisotopic (exact) mass is 328 g/mol. The summed E-state index contributed by atoms with van der Waals surface area (Å²) in [4.78, 5) is 0. The molecule has 1 aromatic carbocycles. The van der Waals surface area contributed by atoms with Gasteiger partial charge < -0.3 is 4.74 Å². The van der Waals surface area contributed by atoms with Crippen LogP contribution in [-0.4, -0.2) is 6.61 Å². The number of rotatable bonds is 13. The third-order valence-electron chi connectivity index (χ3n) is 4.71. The van der Waals surface area contributed by atoms with Gasteiger partial charge in [0, 0.05) is 5.56 Å². The third kappa shape index (κ3) is 7.38. The number of benzene rings is 1. The Kier molecular flexibility index (Phi) is 10.2. The first-order valence-corrected chi connectivity index (χ1v) is 9.72. The number of hydrogen-bond donors (Lipinski definition) is 0. The lowest BCUT2D eigenvalue weighted by Gasteiger charge is -2.17. The van der Waals surface area contributed by atoms with Gasteiger partial charge in [-0.2, -0.15) is 0 Å². The molecular formula is C23H36O. The van der Waals surface area contributed by atoms with Crippen molar-refractivity contribution in [1.82, 2.24) is 0 Å². The Bertz CT molecular complexity index is 501. The fraction of sp³-hybridized carbons (Fsp3) is 0.565. The maximum Gasteiger partial charge on any atom is 0.119 e. The predicted octanol–water partition coefficient (Wildman–Crippen LogP) is 7.48. The molecule has 1 nitrogen and oxygen atoms in total. The van der Waals surface area contributed by atoms with E-state index in [2.05, 4.69) is 58.2 Å². The van der Waals surface area contributed by atoms with Gasteiger partial charge in [0.2, 0.25) is 0 Å². The van der Waals surface area contributed by atoms with Gasteiger partial charge in [-0.3, -0.25) is 0 Å². The summed E-state index contributed by atoms with van der Waals surface area (Å²) in [5.41, 5.74) is 3.51. The van der Waals surface area contributed by atoms with Gasteiger partial charge in [-0.05, 0) is 42.4 Å². The molecule has 0 spiro atoms. The molecule has 0 bridgehead atoms. The van der Waals surface area contributed by atoms with E-state index >= 15 is 0 Å². The molecule has 1 atom stereocenters. The standard InChI is InChI=1S/C23H36O/c1-6-9-11-13-19(4)22-15-12-16-23(17-22)20(5)24-18-21(8-3)14-10-7-2/h12,15-17,21H,4-11,13-14,18H2,1-3H3. The van der Waals surface area contributed by atoms with Crippen LogP contribution in [0.1, 0.15) is 83.3 Å². The maximum absolute atomic E-state index is 5.99. The Morgan fingerprint density at radius 2 is 1.71 bits per heavy atom. The molecule has 0 heterocycles. The van der Waals surface area contributed by atoms with Gasteiger partial charge in [-0.15, -0.1) is 0 Å². The van der Waals surface area contributed by atoms with Crippen LogP contribution in [-0.2, 0) is 4.74 Å². The molecular weight excluding hydrogens is 292 g/mol. The second-order valence-electron chi connectivity index (χ2n) is 6.79. The molecule has 0 amide bonds. The second kappa shape index (κ2) is 11.9. The minimum absolute atomic E-state index is 0.633. The molecule has 0 N–H and O–H groups in total. The molecule has 0 aliphatic carbocycles. The average molecular weight is 329 g/mol. The van der Waals surface area contributed by atoms with Crippen LogP contribution in [0, 0.1) is 5.92 Å². The highest BCUT2D eigenvalue weighted by atomic mass is 16.5. The molecule has 1 aromatic rings. The van der Waals surface area contributed by atoms with Crippen molar-refractivity contribution in [2.75, 3.05) is 6.61 Å². The number of hydrogen-bond acceptors (Lipinski definition) is 1. The zero-order valence-corrected chi connectivity index (χ0v) is 16.1. The van der Waals surface area contributed by atoms with Crippen LogP contribution in [0.2, 0.25) is 0 Å². The average Bonchev–Trinajstić information content (AvgIpc) is 2.62. The van der Waals surface area contributed by atoms with Crippen LogP contribution >= 0.6 is 0 Å². The Balaban J connectivity index is 2.58. The van der Waals surface area contributed by atoms with Crippen LogP contribution in [0.15, 0.2) is 37.4 Å². The Labute approximate surface area is 149 Å². The SMILES string of the molecule is C=C(CCCCC)c1cccc(C(=C)OCC(CC)CCCC)c1. The van der Waals surface area contributed by atoms with E-state index in [9.17, 15) is 0 Å². The summed E-state index contributed by atoms with van der Waals surface area (Å²) in [7, 11) is 0. The van der Waals surface area contributed by atoms with Gasteiger partial charge in [0.25, 0.3) is 0 Å². The summed E-state index contributed by atoms with van der Waals surface area (Å²) >= 11 is 0. The van der Waals surface area contributed by atoms with Crippen LogP contribution in [0.4, 0.5) is 0 Å². The Hall–Kier alpha value is -1.50. The first-order valence-electron chi connectivity index (χ1n) is 9.72. The van der Waals surface area contributed by atoms with Gasteiger partial charge in [0.15, 0.2) is 0 Å². The first-order chi connectivity index (χ1) is 11.6. The van der Waals surface area contributed by atoms with Crippen molar-refractivity contribution in [1.29, 1.82) is 0 Å². The highest BCUT2D eigenvalue weighted by Crippen LogP contribution is 2.24. The smallest absolute Gasteiger partial charge is 0.119 e. The first kappa shape index (κ1) is 20.5. The summed E-state index contributed by atoms with van der Waals surface area (Å²) in [6.45, 7) is 15.9. The molecule has 0 aliphatic heterocycles. The van der Waals surface area contributed by atoms with E-state index < -0.39 is 0 Å². The zero-order valence-electron chi connectivity index (χ0n) is 16.1. The lowest BCUT2D eigenvalue weighted by atomic mass is 9.99. The molecule has 1 unspecified atom stereocenters. The molecule has 0 fully saturated rings. The number of ether oxygens (including phenoxy) is 1. The normalized spacial score (nSPS) is 12.0. The molecule has 24 heavy (non-hydrogen) atoms. The molecule has 0 saturated heterocycles. The van der Waals surface area contributed by atoms with Gasteiger partial charge in [0.1, 0.15) is 5.76 Å². The molecule has 1 rings (SSSR count). The van der Waals surface area contributed by atoms with E-state index in [1.807, 2.05) is 0 Å². The molecule has 0 saturated carbocycles. The summed E-state index contributed by atoms with van der Waals surface area (Å²) in [6.07, 6.45) is 9.74. The highest BCUT2D eigenvalue weighted by Gasteiger charge is 2.09. The quantitative estimate of drug-likeness (QED) is 0.269. The van der Waals surface area contributed by atoms with Crippen molar-refractivity contribution in [3.8, 4) is 0 Å². The lowest BCUT2D eigenvalue weighted by Crippen LogP contribution is -2.08. The van der Waals surface area contributed by atoms with Gasteiger partial charge in [-0.1, -0.05) is 84.2 Å². The van der Waals surface area contributed by atoms with Crippen LogP contribution < -0.4 is 0 Å². The molecule has 1 heteroatoms. The van der Waals surface area contributed by atoms with E-state index in [-0.39, 0.29) is 0 Å². The fourth-order valence-corrected chi connectivity index (χ4v) is 2.85. The van der Waals surface area contributed by atoms with Crippen LogP contribution in [0.25, 0.3) is 11.3 Å². The summed E-state index contributed by atoms with van der Waals surface area (Å²) in [6, 6.07) is 8.47. The molecule has 0 aromatic heterocycles. The highest BCUT2D eigenvalue weighted by molar-refractivity contribution is 5.68. The topological polar surface area (TPSA) is 9.23 Å². The van der Waals surface area contributed by atoms with Crippen molar-refractivity contribution < 1.29 is 4.74 Å².